The molecule has 0 aliphatic heterocycles. The van der Waals surface area contributed by atoms with Crippen LogP contribution in [-0.4, -0.2) is 51.5 Å². The SMILES string of the molecule is CCN(CC)c1ccc(-c2nnc(SCC(=O)N(C)Cc3ccccc3C)n2C)cc1. The molecular weight excluding hydrogens is 406 g/mol. The fourth-order valence-corrected chi connectivity index (χ4v) is 4.32. The van der Waals surface area contributed by atoms with E-state index >= 15 is 0 Å². The second-order valence-electron chi connectivity index (χ2n) is 7.55. The summed E-state index contributed by atoms with van der Waals surface area (Å²) in [7, 11) is 3.78. The Balaban J connectivity index is 1.62. The van der Waals surface area contributed by atoms with Crippen molar-refractivity contribution in [2.75, 3.05) is 30.8 Å². The maximum Gasteiger partial charge on any atom is 0.233 e. The van der Waals surface area contributed by atoms with Crippen LogP contribution in [0.3, 0.4) is 0 Å². The van der Waals surface area contributed by atoms with E-state index in [9.17, 15) is 4.79 Å². The molecule has 31 heavy (non-hydrogen) atoms. The van der Waals surface area contributed by atoms with E-state index in [1.807, 2.05) is 30.8 Å². The van der Waals surface area contributed by atoms with Crippen molar-refractivity contribution in [3.8, 4) is 11.4 Å². The number of aryl methyl sites for hydroxylation is 1. The first-order valence-electron chi connectivity index (χ1n) is 10.6. The van der Waals surface area contributed by atoms with Gasteiger partial charge in [0.15, 0.2) is 11.0 Å². The van der Waals surface area contributed by atoms with Crippen molar-refractivity contribution in [3.63, 3.8) is 0 Å². The van der Waals surface area contributed by atoms with E-state index in [0.29, 0.717) is 12.3 Å². The van der Waals surface area contributed by atoms with Gasteiger partial charge in [0.25, 0.3) is 0 Å². The predicted octanol–water partition coefficient (Wildman–Crippen LogP) is 4.39. The number of hydrogen-bond donors (Lipinski definition) is 0. The molecule has 1 amide bonds. The van der Waals surface area contributed by atoms with E-state index < -0.39 is 0 Å². The quantitative estimate of drug-likeness (QED) is 0.465. The molecule has 0 N–H and O–H groups in total. The third-order valence-corrected chi connectivity index (χ3v) is 6.51. The van der Waals surface area contributed by atoms with Crippen molar-refractivity contribution < 1.29 is 4.79 Å². The molecule has 0 saturated carbocycles. The fourth-order valence-electron chi connectivity index (χ4n) is 3.47. The summed E-state index contributed by atoms with van der Waals surface area (Å²) in [5.74, 6) is 1.20. The van der Waals surface area contributed by atoms with Crippen molar-refractivity contribution >= 4 is 23.4 Å². The van der Waals surface area contributed by atoms with E-state index in [0.717, 1.165) is 35.2 Å². The van der Waals surface area contributed by atoms with Gasteiger partial charge in [-0.25, -0.2) is 0 Å². The van der Waals surface area contributed by atoms with Crippen LogP contribution in [0.1, 0.15) is 25.0 Å². The van der Waals surface area contributed by atoms with Crippen molar-refractivity contribution in [2.45, 2.75) is 32.5 Å². The largest absolute Gasteiger partial charge is 0.372 e. The van der Waals surface area contributed by atoms with Gasteiger partial charge >= 0.3 is 0 Å². The van der Waals surface area contributed by atoms with Crippen LogP contribution < -0.4 is 4.90 Å². The van der Waals surface area contributed by atoms with Crippen LogP contribution in [0.4, 0.5) is 5.69 Å². The van der Waals surface area contributed by atoms with Crippen LogP contribution >= 0.6 is 11.8 Å². The summed E-state index contributed by atoms with van der Waals surface area (Å²) < 4.78 is 1.95. The summed E-state index contributed by atoms with van der Waals surface area (Å²) in [6.07, 6.45) is 0. The Hall–Kier alpha value is -2.80. The van der Waals surface area contributed by atoms with Gasteiger partial charge in [0.05, 0.1) is 5.75 Å². The van der Waals surface area contributed by atoms with E-state index in [1.54, 1.807) is 4.90 Å². The summed E-state index contributed by atoms with van der Waals surface area (Å²) in [6.45, 7) is 8.94. The van der Waals surface area contributed by atoms with Crippen LogP contribution in [-0.2, 0) is 18.4 Å². The molecule has 3 aromatic rings. The maximum absolute atomic E-state index is 12.6. The summed E-state index contributed by atoms with van der Waals surface area (Å²) in [5, 5.41) is 9.40. The van der Waals surface area contributed by atoms with Gasteiger partial charge in [0, 0.05) is 45.0 Å². The van der Waals surface area contributed by atoms with E-state index in [2.05, 4.69) is 72.3 Å². The lowest BCUT2D eigenvalue weighted by molar-refractivity contribution is -0.127. The lowest BCUT2D eigenvalue weighted by Gasteiger charge is -2.21. The molecule has 0 atom stereocenters. The monoisotopic (exact) mass is 437 g/mol. The van der Waals surface area contributed by atoms with E-state index in [-0.39, 0.29) is 5.91 Å². The van der Waals surface area contributed by atoms with Crippen molar-refractivity contribution in [1.82, 2.24) is 19.7 Å². The van der Waals surface area contributed by atoms with Crippen molar-refractivity contribution in [2.24, 2.45) is 7.05 Å². The number of rotatable bonds is 9. The van der Waals surface area contributed by atoms with Crippen LogP contribution in [0.15, 0.2) is 53.7 Å². The molecule has 2 aromatic carbocycles. The molecule has 0 aliphatic carbocycles. The summed E-state index contributed by atoms with van der Waals surface area (Å²) in [5.41, 5.74) is 4.57. The topological polar surface area (TPSA) is 54.3 Å². The summed E-state index contributed by atoms with van der Waals surface area (Å²) in [4.78, 5) is 16.7. The Morgan fingerprint density at radius 3 is 2.35 bits per heavy atom. The smallest absolute Gasteiger partial charge is 0.233 e. The summed E-state index contributed by atoms with van der Waals surface area (Å²) in [6, 6.07) is 16.5. The normalized spacial score (nSPS) is 10.9. The van der Waals surface area contributed by atoms with Gasteiger partial charge in [-0.1, -0.05) is 36.0 Å². The number of hydrogen-bond acceptors (Lipinski definition) is 5. The zero-order valence-corrected chi connectivity index (χ0v) is 19.8. The molecule has 0 radical (unpaired) electrons. The van der Waals surface area contributed by atoms with Crippen LogP contribution in [0.25, 0.3) is 11.4 Å². The van der Waals surface area contributed by atoms with Crippen molar-refractivity contribution in [1.29, 1.82) is 0 Å². The number of anilines is 1. The average molecular weight is 438 g/mol. The number of amides is 1. The van der Waals surface area contributed by atoms with Gasteiger partial charge in [0.1, 0.15) is 0 Å². The van der Waals surface area contributed by atoms with Gasteiger partial charge in [-0.3, -0.25) is 4.79 Å². The predicted molar refractivity (Wildman–Crippen MR) is 128 cm³/mol. The standard InChI is InChI=1S/C24H31N5OS/c1-6-29(7-2)21-14-12-19(13-15-21)23-25-26-24(28(23)5)31-17-22(30)27(4)16-20-11-9-8-10-18(20)3/h8-15H,6-7,16-17H2,1-5H3. The second-order valence-corrected chi connectivity index (χ2v) is 8.49. The molecule has 1 heterocycles. The fraction of sp³-hybridized carbons (Fsp3) is 0.375. The minimum Gasteiger partial charge on any atom is -0.372 e. The van der Waals surface area contributed by atoms with Crippen LogP contribution in [0, 0.1) is 6.92 Å². The zero-order valence-electron chi connectivity index (χ0n) is 19.0. The molecular formula is C24H31N5OS. The molecule has 164 valence electrons. The van der Waals surface area contributed by atoms with Gasteiger partial charge in [-0.15, -0.1) is 10.2 Å². The first-order chi connectivity index (χ1) is 14.9. The molecule has 0 bridgehead atoms. The first-order valence-corrected chi connectivity index (χ1v) is 11.6. The molecule has 0 fully saturated rings. The Morgan fingerprint density at radius 1 is 1.03 bits per heavy atom. The molecule has 7 heteroatoms. The number of thioether (sulfide) groups is 1. The Kier molecular flexibility index (Phi) is 7.74. The summed E-state index contributed by atoms with van der Waals surface area (Å²) >= 11 is 1.42. The van der Waals surface area contributed by atoms with Crippen molar-refractivity contribution in [3.05, 3.63) is 59.7 Å². The molecule has 0 unspecified atom stereocenters. The van der Waals surface area contributed by atoms with Crippen LogP contribution in [0.2, 0.25) is 0 Å². The number of aromatic nitrogens is 3. The van der Waals surface area contributed by atoms with E-state index in [1.165, 1.54) is 23.0 Å². The third kappa shape index (κ3) is 5.47. The average Bonchev–Trinajstić information content (AvgIpc) is 3.15. The zero-order chi connectivity index (χ0) is 22.4. The Labute approximate surface area is 189 Å². The van der Waals surface area contributed by atoms with Gasteiger partial charge in [0.2, 0.25) is 5.91 Å². The molecule has 0 saturated heterocycles. The third-order valence-electron chi connectivity index (χ3n) is 5.51. The Morgan fingerprint density at radius 2 is 1.71 bits per heavy atom. The number of benzene rings is 2. The highest BCUT2D eigenvalue weighted by molar-refractivity contribution is 7.99. The maximum atomic E-state index is 12.6. The Bertz CT molecular complexity index is 1010. The number of carbonyl (C=O) groups is 1. The minimum atomic E-state index is 0.0707. The first kappa shape index (κ1) is 22.9. The second kappa shape index (κ2) is 10.5. The highest BCUT2D eigenvalue weighted by Crippen LogP contribution is 2.25. The van der Waals surface area contributed by atoms with Gasteiger partial charge < -0.3 is 14.4 Å². The lowest BCUT2D eigenvalue weighted by Crippen LogP contribution is -2.28. The molecule has 3 rings (SSSR count). The van der Waals surface area contributed by atoms with E-state index in [4.69, 9.17) is 0 Å². The minimum absolute atomic E-state index is 0.0707. The highest BCUT2D eigenvalue weighted by atomic mass is 32.2. The van der Waals surface area contributed by atoms with Crippen LogP contribution in [0.5, 0.6) is 0 Å². The molecule has 0 aliphatic rings. The highest BCUT2D eigenvalue weighted by Gasteiger charge is 2.16. The number of carbonyl (C=O) groups excluding carboxylic acids is 1. The molecule has 6 nitrogen and oxygen atoms in total. The van der Waals surface area contributed by atoms with Gasteiger partial charge in [-0.2, -0.15) is 0 Å². The molecule has 0 spiro atoms. The van der Waals surface area contributed by atoms with Gasteiger partial charge in [-0.05, 0) is 56.2 Å². The molecule has 1 aromatic heterocycles. The lowest BCUT2D eigenvalue weighted by atomic mass is 10.1. The number of nitrogens with zero attached hydrogens (tertiary/aromatic N) is 5.